The molecule has 0 radical (unpaired) electrons. The molecule has 0 unspecified atom stereocenters. The summed E-state index contributed by atoms with van der Waals surface area (Å²) in [6, 6.07) is 14.8. The van der Waals surface area contributed by atoms with E-state index >= 15 is 0 Å². The van der Waals surface area contributed by atoms with Crippen LogP contribution in [0.1, 0.15) is 36.8 Å². The van der Waals surface area contributed by atoms with Crippen LogP contribution in [-0.2, 0) is 14.3 Å². The summed E-state index contributed by atoms with van der Waals surface area (Å²) in [4.78, 5) is 37.2. The molecular weight excluding hydrogens is 384 g/mol. The Balaban J connectivity index is 1.40. The number of nitrogens with one attached hydrogen (secondary N) is 1. The maximum absolute atomic E-state index is 12.4. The lowest BCUT2D eigenvalue weighted by molar-refractivity contribution is -0.148. The van der Waals surface area contributed by atoms with Gasteiger partial charge in [-0.3, -0.25) is 4.79 Å². The minimum Gasteiger partial charge on any atom is -0.480 e. The van der Waals surface area contributed by atoms with Crippen molar-refractivity contribution in [2.75, 3.05) is 13.2 Å². The summed E-state index contributed by atoms with van der Waals surface area (Å²) in [6.45, 7) is 2.05. The predicted molar refractivity (Wildman–Crippen MR) is 110 cm³/mol. The zero-order chi connectivity index (χ0) is 21.3. The lowest BCUT2D eigenvalue weighted by Gasteiger charge is -2.20. The van der Waals surface area contributed by atoms with E-state index < -0.39 is 24.1 Å². The molecule has 2 aromatic rings. The van der Waals surface area contributed by atoms with Crippen molar-refractivity contribution >= 4 is 18.0 Å². The minimum absolute atomic E-state index is 0.0448. The van der Waals surface area contributed by atoms with Gasteiger partial charge in [-0.05, 0) is 22.3 Å². The Morgan fingerprint density at radius 3 is 2.23 bits per heavy atom. The smallest absolute Gasteiger partial charge is 0.407 e. The van der Waals surface area contributed by atoms with Crippen molar-refractivity contribution < 1.29 is 24.2 Å². The van der Waals surface area contributed by atoms with Gasteiger partial charge in [-0.25, -0.2) is 9.59 Å². The van der Waals surface area contributed by atoms with Gasteiger partial charge in [0.2, 0.25) is 5.91 Å². The second-order valence-electron chi connectivity index (χ2n) is 7.66. The number of fused-ring (bicyclic) bond motifs is 3. The van der Waals surface area contributed by atoms with Crippen molar-refractivity contribution in [3.8, 4) is 11.1 Å². The largest absolute Gasteiger partial charge is 0.480 e. The average Bonchev–Trinajstić information content (AvgIpc) is 3.31. The quantitative estimate of drug-likeness (QED) is 0.793. The second kappa shape index (κ2) is 8.18. The number of rotatable bonds is 5. The van der Waals surface area contributed by atoms with Crippen molar-refractivity contribution in [3.63, 3.8) is 0 Å². The van der Waals surface area contributed by atoms with Crippen LogP contribution in [0.4, 0.5) is 4.79 Å². The Morgan fingerprint density at radius 1 is 1.07 bits per heavy atom. The number of carboxylic acids is 1. The molecule has 1 heterocycles. The minimum atomic E-state index is -1.06. The van der Waals surface area contributed by atoms with E-state index in [4.69, 9.17) is 4.74 Å². The summed E-state index contributed by atoms with van der Waals surface area (Å²) in [5.74, 6) is -1.34. The van der Waals surface area contributed by atoms with Gasteiger partial charge in [0.15, 0.2) is 0 Å². The average molecular weight is 408 g/mol. The van der Waals surface area contributed by atoms with Crippen LogP contribution < -0.4 is 5.32 Å². The number of aliphatic carboxylic acids is 1. The monoisotopic (exact) mass is 408 g/mol. The molecular formula is C23H24N2O5. The van der Waals surface area contributed by atoms with Gasteiger partial charge < -0.3 is 20.1 Å². The Morgan fingerprint density at radius 2 is 1.67 bits per heavy atom. The van der Waals surface area contributed by atoms with E-state index in [1.54, 1.807) is 6.92 Å². The Hall–Kier alpha value is -3.35. The second-order valence-corrected chi connectivity index (χ2v) is 7.66. The third kappa shape index (κ3) is 3.63. The van der Waals surface area contributed by atoms with Gasteiger partial charge in [-0.2, -0.15) is 0 Å². The fourth-order valence-electron chi connectivity index (χ4n) is 4.46. The first-order chi connectivity index (χ1) is 14.5. The van der Waals surface area contributed by atoms with Gasteiger partial charge in [-0.15, -0.1) is 0 Å². The van der Waals surface area contributed by atoms with Crippen LogP contribution >= 0.6 is 0 Å². The van der Waals surface area contributed by atoms with E-state index in [2.05, 4.69) is 17.4 Å². The maximum Gasteiger partial charge on any atom is 0.407 e. The molecule has 1 saturated heterocycles. The SMILES string of the molecule is CCC(=O)N1C[C@@H](NC(=O)OCC2c3ccccc3-c3ccccc32)C[C@H]1C(=O)O. The van der Waals surface area contributed by atoms with Crippen LogP contribution in [0.25, 0.3) is 11.1 Å². The number of nitrogens with zero attached hydrogens (tertiary/aromatic N) is 1. The van der Waals surface area contributed by atoms with Crippen LogP contribution in [0.2, 0.25) is 0 Å². The molecule has 2 aliphatic rings. The highest BCUT2D eigenvalue weighted by molar-refractivity contribution is 5.84. The summed E-state index contributed by atoms with van der Waals surface area (Å²) in [7, 11) is 0. The van der Waals surface area contributed by atoms with Crippen LogP contribution in [0.3, 0.4) is 0 Å². The van der Waals surface area contributed by atoms with Crippen LogP contribution in [0.5, 0.6) is 0 Å². The molecule has 2 aromatic carbocycles. The third-order valence-corrected chi connectivity index (χ3v) is 5.87. The molecule has 156 valence electrons. The van der Waals surface area contributed by atoms with Gasteiger partial charge in [0.25, 0.3) is 0 Å². The van der Waals surface area contributed by atoms with E-state index in [1.165, 1.54) is 4.90 Å². The number of benzene rings is 2. The Kier molecular flexibility index (Phi) is 5.44. The highest BCUT2D eigenvalue weighted by Gasteiger charge is 2.40. The zero-order valence-electron chi connectivity index (χ0n) is 16.7. The van der Waals surface area contributed by atoms with Crippen molar-refractivity contribution in [1.82, 2.24) is 10.2 Å². The van der Waals surface area contributed by atoms with E-state index in [1.807, 2.05) is 36.4 Å². The molecule has 7 nitrogen and oxygen atoms in total. The highest BCUT2D eigenvalue weighted by Crippen LogP contribution is 2.44. The normalized spacial score (nSPS) is 19.8. The van der Waals surface area contributed by atoms with Gasteiger partial charge in [0.05, 0.1) is 6.04 Å². The van der Waals surface area contributed by atoms with Gasteiger partial charge >= 0.3 is 12.1 Å². The predicted octanol–water partition coefficient (Wildman–Crippen LogP) is 2.99. The number of alkyl carbamates (subject to hydrolysis) is 1. The Bertz CT molecular complexity index is 944. The molecule has 7 heteroatoms. The number of amides is 2. The summed E-state index contributed by atoms with van der Waals surface area (Å²) < 4.78 is 5.52. The maximum atomic E-state index is 12.4. The van der Waals surface area contributed by atoms with Gasteiger partial charge in [-0.1, -0.05) is 55.5 Å². The van der Waals surface area contributed by atoms with Crippen molar-refractivity contribution in [2.45, 2.75) is 37.8 Å². The first kappa shape index (κ1) is 19.9. The molecule has 0 spiro atoms. The summed E-state index contributed by atoms with van der Waals surface area (Å²) in [5.41, 5.74) is 4.54. The molecule has 1 fully saturated rings. The lowest BCUT2D eigenvalue weighted by atomic mass is 9.98. The topological polar surface area (TPSA) is 95.9 Å². The van der Waals surface area contributed by atoms with E-state index in [0.29, 0.717) is 0 Å². The van der Waals surface area contributed by atoms with Crippen LogP contribution in [0, 0.1) is 0 Å². The molecule has 0 aromatic heterocycles. The third-order valence-electron chi connectivity index (χ3n) is 5.87. The highest BCUT2D eigenvalue weighted by atomic mass is 16.5. The fraction of sp³-hybridized carbons (Fsp3) is 0.348. The number of carbonyl (C=O) groups is 3. The molecule has 2 N–H and O–H groups in total. The van der Waals surface area contributed by atoms with E-state index in [-0.39, 0.29) is 37.8 Å². The first-order valence-corrected chi connectivity index (χ1v) is 10.1. The number of carboxylic acid groups (broad SMARTS) is 1. The van der Waals surface area contributed by atoms with E-state index in [0.717, 1.165) is 22.3 Å². The molecule has 1 aliphatic heterocycles. The van der Waals surface area contributed by atoms with Crippen LogP contribution in [-0.4, -0.2) is 53.2 Å². The Labute approximate surface area is 174 Å². The number of hydrogen-bond donors (Lipinski definition) is 2. The van der Waals surface area contributed by atoms with Crippen LogP contribution in [0.15, 0.2) is 48.5 Å². The number of likely N-dealkylation sites (tertiary alicyclic amines) is 1. The lowest BCUT2D eigenvalue weighted by Crippen LogP contribution is -2.41. The number of carbonyl (C=O) groups excluding carboxylic acids is 2. The molecule has 30 heavy (non-hydrogen) atoms. The fourth-order valence-corrected chi connectivity index (χ4v) is 4.46. The molecule has 4 rings (SSSR count). The van der Waals surface area contributed by atoms with Crippen molar-refractivity contribution in [1.29, 1.82) is 0 Å². The van der Waals surface area contributed by atoms with E-state index in [9.17, 15) is 19.5 Å². The standard InChI is InChI=1S/C23H24N2O5/c1-2-21(26)25-12-14(11-20(25)22(27)28)24-23(29)30-13-19-17-9-5-3-7-15(17)16-8-4-6-10-18(16)19/h3-10,14,19-20H,2,11-13H2,1H3,(H,24,29)(H,27,28)/t14-,20-/m0/s1. The molecule has 0 saturated carbocycles. The summed E-state index contributed by atoms with van der Waals surface area (Å²) >= 11 is 0. The number of ether oxygens (including phenoxy) is 1. The molecule has 2 amide bonds. The van der Waals surface area contributed by atoms with Gasteiger partial charge in [0, 0.05) is 25.3 Å². The zero-order valence-corrected chi connectivity index (χ0v) is 16.7. The van der Waals surface area contributed by atoms with Crippen molar-refractivity contribution in [2.24, 2.45) is 0 Å². The number of hydrogen-bond acceptors (Lipinski definition) is 4. The first-order valence-electron chi connectivity index (χ1n) is 10.1. The molecule has 2 atom stereocenters. The molecule has 0 bridgehead atoms. The van der Waals surface area contributed by atoms with Crippen molar-refractivity contribution in [3.05, 3.63) is 59.7 Å². The summed E-state index contributed by atoms with van der Waals surface area (Å²) in [6.07, 6.45) is -0.205. The van der Waals surface area contributed by atoms with Gasteiger partial charge in [0.1, 0.15) is 12.6 Å². The molecule has 1 aliphatic carbocycles. The summed E-state index contributed by atoms with van der Waals surface area (Å²) in [5, 5.41) is 12.1.